The van der Waals surface area contributed by atoms with Crippen molar-refractivity contribution >= 4 is 29.1 Å². The van der Waals surface area contributed by atoms with E-state index in [4.69, 9.17) is 12.2 Å². The monoisotopic (exact) mass is 482 g/mol. The van der Waals surface area contributed by atoms with Crippen molar-refractivity contribution in [2.75, 3.05) is 11.9 Å². The van der Waals surface area contributed by atoms with Crippen molar-refractivity contribution in [2.24, 2.45) is 0 Å². The van der Waals surface area contributed by atoms with Gasteiger partial charge < -0.3 is 10.6 Å². The summed E-state index contributed by atoms with van der Waals surface area (Å²) in [7, 11) is 0. The molecule has 0 radical (unpaired) electrons. The minimum atomic E-state index is -4.52. The molecule has 0 fully saturated rings. The Labute approximate surface area is 196 Å². The van der Waals surface area contributed by atoms with Gasteiger partial charge in [-0.3, -0.25) is 15.6 Å². The van der Waals surface area contributed by atoms with Crippen LogP contribution in [0, 0.1) is 0 Å². The number of nitrogens with one attached hydrogen (secondary N) is 4. The molecule has 3 rings (SSSR count). The molecule has 0 bridgehead atoms. The highest BCUT2D eigenvalue weighted by Crippen LogP contribution is 2.43. The molecule has 180 valence electrons. The highest BCUT2D eigenvalue weighted by atomic mass is 32.1. The Morgan fingerprint density at radius 3 is 2.58 bits per heavy atom. The normalized spacial score (nSPS) is 17.8. The number of hydrazine groups is 1. The zero-order valence-corrected chi connectivity index (χ0v) is 19.6. The largest absolute Gasteiger partial charge is 0.410 e. The summed E-state index contributed by atoms with van der Waals surface area (Å²) in [6, 6.07) is 6.45. The topological polar surface area (TPSA) is 83.0 Å². The van der Waals surface area contributed by atoms with E-state index in [2.05, 4.69) is 40.4 Å². The smallest absolute Gasteiger partial charge is 0.363 e. The number of benzene rings is 1. The number of carbonyl (C=O) groups excluding carboxylic acids is 1. The fourth-order valence-electron chi connectivity index (χ4n) is 3.62. The van der Waals surface area contributed by atoms with Crippen molar-refractivity contribution in [3.05, 3.63) is 47.2 Å². The summed E-state index contributed by atoms with van der Waals surface area (Å²) in [6.45, 7) is 6.80. The van der Waals surface area contributed by atoms with Gasteiger partial charge in [-0.1, -0.05) is 51.5 Å². The fourth-order valence-corrected chi connectivity index (χ4v) is 3.77. The van der Waals surface area contributed by atoms with Gasteiger partial charge in [0.1, 0.15) is 5.82 Å². The number of nitrogens with zero attached hydrogens (tertiary/aromatic N) is 2. The van der Waals surface area contributed by atoms with E-state index in [0.717, 1.165) is 28.7 Å². The van der Waals surface area contributed by atoms with Crippen LogP contribution in [0.15, 0.2) is 30.3 Å². The van der Waals surface area contributed by atoms with Crippen LogP contribution in [-0.4, -0.2) is 33.5 Å². The third kappa shape index (κ3) is 6.16. The molecular formula is C22H29F3N6OS. The van der Waals surface area contributed by atoms with E-state index in [0.29, 0.717) is 12.5 Å². The number of carbonyl (C=O) groups is 1. The number of thiocarbonyl (C=S) groups is 1. The lowest BCUT2D eigenvalue weighted by Crippen LogP contribution is -2.47. The summed E-state index contributed by atoms with van der Waals surface area (Å²) >= 11 is 5.06. The first-order chi connectivity index (χ1) is 15.6. The van der Waals surface area contributed by atoms with E-state index < -0.39 is 24.2 Å². The SMILES string of the molecule is CCCCNC(=S)NNC(=O)c1cc2n(n1)[C@@H](C(F)(F)F)C[C@@H](c1ccc(C(C)C)cc1)N2. The van der Waals surface area contributed by atoms with Crippen LogP contribution >= 0.6 is 12.2 Å². The maximum atomic E-state index is 13.9. The van der Waals surface area contributed by atoms with Gasteiger partial charge in [-0.2, -0.15) is 18.3 Å². The van der Waals surface area contributed by atoms with E-state index in [9.17, 15) is 18.0 Å². The Kier molecular flexibility index (Phi) is 7.83. The van der Waals surface area contributed by atoms with Crippen molar-refractivity contribution in [3.8, 4) is 0 Å². The van der Waals surface area contributed by atoms with Crippen molar-refractivity contribution in [3.63, 3.8) is 0 Å². The summed E-state index contributed by atoms with van der Waals surface area (Å²) in [6.07, 6.45) is -2.85. The quantitative estimate of drug-likeness (QED) is 0.274. The van der Waals surface area contributed by atoms with Crippen molar-refractivity contribution < 1.29 is 18.0 Å². The zero-order valence-electron chi connectivity index (χ0n) is 18.8. The molecule has 4 N–H and O–H groups in total. The standard InChI is InChI=1S/C22H29F3N6OS/c1-4-5-10-26-21(33)29-28-20(32)17-12-19-27-16(11-18(22(23,24)25)31(19)30-17)15-8-6-14(7-9-15)13(2)3/h6-9,12-13,16,18,27H,4-5,10-11H2,1-3H3,(H,28,32)(H2,26,29,33)/t16-,18+/m0/s1. The Morgan fingerprint density at radius 1 is 1.27 bits per heavy atom. The molecule has 33 heavy (non-hydrogen) atoms. The minimum Gasteiger partial charge on any atom is -0.363 e. The van der Waals surface area contributed by atoms with Gasteiger partial charge in [-0.15, -0.1) is 0 Å². The van der Waals surface area contributed by atoms with Gasteiger partial charge in [0.15, 0.2) is 16.8 Å². The highest BCUT2D eigenvalue weighted by Gasteiger charge is 2.46. The van der Waals surface area contributed by atoms with Gasteiger partial charge in [-0.25, -0.2) is 4.68 Å². The van der Waals surface area contributed by atoms with Gasteiger partial charge in [0.05, 0.1) is 6.04 Å². The molecular weight excluding hydrogens is 453 g/mol. The second-order valence-electron chi connectivity index (χ2n) is 8.36. The summed E-state index contributed by atoms with van der Waals surface area (Å²) in [5.41, 5.74) is 6.62. The average molecular weight is 483 g/mol. The molecule has 2 atom stereocenters. The maximum Gasteiger partial charge on any atom is 0.410 e. The molecule has 1 aliphatic rings. The van der Waals surface area contributed by atoms with E-state index in [1.165, 1.54) is 6.07 Å². The summed E-state index contributed by atoms with van der Waals surface area (Å²) in [4.78, 5) is 12.5. The second kappa shape index (κ2) is 10.4. The number of rotatable bonds is 6. The predicted octanol–water partition coefficient (Wildman–Crippen LogP) is 4.58. The highest BCUT2D eigenvalue weighted by molar-refractivity contribution is 7.80. The number of amides is 1. The lowest BCUT2D eigenvalue weighted by Gasteiger charge is -2.33. The number of fused-ring (bicyclic) bond motifs is 1. The van der Waals surface area contributed by atoms with Crippen LogP contribution in [0.25, 0.3) is 0 Å². The first kappa shape index (κ1) is 24.8. The molecule has 1 amide bonds. The molecule has 0 aliphatic carbocycles. The first-order valence-corrected chi connectivity index (χ1v) is 11.4. The number of anilines is 1. The van der Waals surface area contributed by atoms with E-state index >= 15 is 0 Å². The first-order valence-electron chi connectivity index (χ1n) is 11.0. The summed E-state index contributed by atoms with van der Waals surface area (Å²) in [5.74, 6) is -0.223. The summed E-state index contributed by atoms with van der Waals surface area (Å²) < 4.78 is 42.4. The number of unbranched alkanes of at least 4 members (excludes halogenated alkanes) is 1. The second-order valence-corrected chi connectivity index (χ2v) is 8.77. The predicted molar refractivity (Wildman–Crippen MR) is 125 cm³/mol. The third-order valence-electron chi connectivity index (χ3n) is 5.53. The zero-order chi connectivity index (χ0) is 24.2. The number of alkyl halides is 3. The van der Waals surface area contributed by atoms with Crippen molar-refractivity contribution in [1.29, 1.82) is 0 Å². The van der Waals surface area contributed by atoms with Crippen LogP contribution in [0.4, 0.5) is 19.0 Å². The van der Waals surface area contributed by atoms with Crippen LogP contribution < -0.4 is 21.5 Å². The fraction of sp³-hybridized carbons (Fsp3) is 0.500. The van der Waals surface area contributed by atoms with Crippen LogP contribution in [0.1, 0.15) is 79.7 Å². The molecule has 2 aromatic rings. The number of halogens is 3. The molecule has 0 spiro atoms. The lowest BCUT2D eigenvalue weighted by atomic mass is 9.94. The Balaban J connectivity index is 1.76. The van der Waals surface area contributed by atoms with E-state index in [1.54, 1.807) is 0 Å². The molecule has 11 heteroatoms. The number of hydrogen-bond donors (Lipinski definition) is 4. The van der Waals surface area contributed by atoms with Crippen LogP contribution in [-0.2, 0) is 0 Å². The average Bonchev–Trinajstić information content (AvgIpc) is 3.20. The Hall–Kier alpha value is -2.82. The van der Waals surface area contributed by atoms with Crippen molar-refractivity contribution in [1.82, 2.24) is 25.9 Å². The molecule has 0 unspecified atom stereocenters. The molecule has 1 aliphatic heterocycles. The van der Waals surface area contributed by atoms with E-state index in [-0.39, 0.29) is 23.0 Å². The Morgan fingerprint density at radius 2 is 1.97 bits per heavy atom. The van der Waals surface area contributed by atoms with Crippen LogP contribution in [0.5, 0.6) is 0 Å². The van der Waals surface area contributed by atoms with E-state index in [1.807, 2.05) is 31.2 Å². The minimum absolute atomic E-state index is 0.135. The van der Waals surface area contributed by atoms with Gasteiger partial charge in [0.25, 0.3) is 5.91 Å². The molecule has 0 saturated heterocycles. The molecule has 0 saturated carbocycles. The molecule has 1 aromatic heterocycles. The third-order valence-corrected chi connectivity index (χ3v) is 5.78. The number of hydrogen-bond acceptors (Lipinski definition) is 4. The Bertz CT molecular complexity index is 974. The van der Waals surface area contributed by atoms with Gasteiger partial charge in [0.2, 0.25) is 0 Å². The van der Waals surface area contributed by atoms with Crippen molar-refractivity contribution in [2.45, 2.75) is 64.2 Å². The number of aromatic nitrogens is 2. The maximum absolute atomic E-state index is 13.9. The van der Waals surface area contributed by atoms with Crippen LogP contribution in [0.3, 0.4) is 0 Å². The molecule has 1 aromatic carbocycles. The van der Waals surface area contributed by atoms with Crippen LogP contribution in [0.2, 0.25) is 0 Å². The van der Waals surface area contributed by atoms with Gasteiger partial charge in [-0.05, 0) is 35.7 Å². The summed E-state index contributed by atoms with van der Waals surface area (Å²) in [5, 5.41) is 10.2. The molecule has 2 heterocycles. The van der Waals surface area contributed by atoms with Gasteiger partial charge in [0, 0.05) is 19.0 Å². The lowest BCUT2D eigenvalue weighted by molar-refractivity contribution is -0.173. The molecule has 7 nitrogen and oxygen atoms in total. The van der Waals surface area contributed by atoms with Gasteiger partial charge >= 0.3 is 6.18 Å².